The van der Waals surface area contributed by atoms with Crippen molar-refractivity contribution >= 4 is 10.8 Å². The van der Waals surface area contributed by atoms with Gasteiger partial charge in [-0.1, -0.05) is 12.1 Å². The number of furan rings is 1. The van der Waals surface area contributed by atoms with E-state index in [2.05, 4.69) is 0 Å². The lowest BCUT2D eigenvalue weighted by Gasteiger charge is -2.09. The van der Waals surface area contributed by atoms with Gasteiger partial charge >= 0.3 is 0 Å². The smallest absolute Gasteiger partial charge is 0.138 e. The Hall–Kier alpha value is -1.35. The molecule has 0 radical (unpaired) electrons. The molecule has 0 aliphatic heterocycles. The second kappa shape index (κ2) is 3.42. The van der Waals surface area contributed by atoms with Crippen molar-refractivity contribution in [1.82, 2.24) is 0 Å². The molecule has 1 aromatic heterocycles. The van der Waals surface area contributed by atoms with Gasteiger partial charge in [-0.25, -0.2) is 4.39 Å². The molecule has 0 saturated carbocycles. The predicted molar refractivity (Wildman–Crippen MR) is 53.9 cm³/mol. The number of hydrogen-bond donors (Lipinski definition) is 1. The summed E-state index contributed by atoms with van der Waals surface area (Å²) in [5, 5.41) is 1.95. The van der Waals surface area contributed by atoms with Crippen LogP contribution in [0.5, 0.6) is 0 Å². The number of hydrogen-bond acceptors (Lipinski definition) is 2. The van der Waals surface area contributed by atoms with Crippen molar-refractivity contribution in [3.05, 3.63) is 35.8 Å². The number of aryl methyl sites for hydroxylation is 1. The first-order valence-electron chi connectivity index (χ1n) is 4.53. The number of nitrogens with two attached hydrogens (primary N) is 1. The molecule has 2 aromatic rings. The number of benzene rings is 1. The van der Waals surface area contributed by atoms with E-state index in [9.17, 15) is 4.39 Å². The fourth-order valence-corrected chi connectivity index (χ4v) is 1.67. The Labute approximate surface area is 81.5 Å². The van der Waals surface area contributed by atoms with E-state index in [1.807, 2.05) is 13.0 Å². The Morgan fingerprint density at radius 1 is 1.43 bits per heavy atom. The number of halogens is 1. The van der Waals surface area contributed by atoms with Crippen LogP contribution in [-0.2, 0) is 0 Å². The quantitative estimate of drug-likeness (QED) is 0.796. The molecule has 0 fully saturated rings. The van der Waals surface area contributed by atoms with E-state index in [-0.39, 0.29) is 6.54 Å². The topological polar surface area (TPSA) is 39.2 Å². The molecule has 0 aliphatic carbocycles. The second-order valence-corrected chi connectivity index (χ2v) is 3.36. The molecule has 1 aromatic carbocycles. The van der Waals surface area contributed by atoms with E-state index in [4.69, 9.17) is 10.2 Å². The molecule has 74 valence electrons. The van der Waals surface area contributed by atoms with Gasteiger partial charge in [0, 0.05) is 17.3 Å². The minimum Gasteiger partial charge on any atom is -0.471 e. The highest BCUT2D eigenvalue weighted by Gasteiger charge is 2.12. The first-order valence-corrected chi connectivity index (χ1v) is 4.53. The maximum Gasteiger partial charge on any atom is 0.138 e. The van der Waals surface area contributed by atoms with Gasteiger partial charge in [0.25, 0.3) is 0 Å². The van der Waals surface area contributed by atoms with Crippen LogP contribution in [0.2, 0.25) is 0 Å². The third kappa shape index (κ3) is 1.30. The monoisotopic (exact) mass is 193 g/mol. The molecule has 0 bridgehead atoms. The highest BCUT2D eigenvalue weighted by Crippen LogP contribution is 2.27. The minimum atomic E-state index is -1.09. The Bertz CT molecular complexity index is 449. The van der Waals surface area contributed by atoms with Crippen molar-refractivity contribution in [1.29, 1.82) is 0 Å². The van der Waals surface area contributed by atoms with Crippen molar-refractivity contribution in [3.63, 3.8) is 0 Å². The van der Waals surface area contributed by atoms with Crippen LogP contribution in [0.15, 0.2) is 29.1 Å². The lowest BCUT2D eigenvalue weighted by atomic mass is 10.00. The lowest BCUT2D eigenvalue weighted by Crippen LogP contribution is -2.08. The standard InChI is InChI=1S/C11H12FNO/c1-7-9(11(12)4-13)3-2-8-5-14-6-10(7)8/h2-3,5-6,11H,4,13H2,1H3/t11-/m0/s1. The maximum absolute atomic E-state index is 13.4. The summed E-state index contributed by atoms with van der Waals surface area (Å²) in [6.45, 7) is 1.90. The summed E-state index contributed by atoms with van der Waals surface area (Å²) < 4.78 is 18.5. The highest BCUT2D eigenvalue weighted by molar-refractivity contribution is 5.85. The summed E-state index contributed by atoms with van der Waals surface area (Å²) >= 11 is 0. The largest absolute Gasteiger partial charge is 0.471 e. The third-order valence-corrected chi connectivity index (χ3v) is 2.52. The Morgan fingerprint density at radius 3 is 2.93 bits per heavy atom. The summed E-state index contributed by atoms with van der Waals surface area (Å²) in [5.74, 6) is 0. The molecule has 0 aliphatic rings. The summed E-state index contributed by atoms with van der Waals surface area (Å²) in [6.07, 6.45) is 2.20. The summed E-state index contributed by atoms with van der Waals surface area (Å²) in [4.78, 5) is 0. The number of fused-ring (bicyclic) bond motifs is 1. The van der Waals surface area contributed by atoms with E-state index in [0.29, 0.717) is 5.56 Å². The van der Waals surface area contributed by atoms with Crippen molar-refractivity contribution in [2.75, 3.05) is 6.54 Å². The van der Waals surface area contributed by atoms with Gasteiger partial charge in [-0.2, -0.15) is 0 Å². The average Bonchev–Trinajstić information content (AvgIpc) is 2.66. The minimum absolute atomic E-state index is 0.0181. The first kappa shape index (κ1) is 9.21. The van der Waals surface area contributed by atoms with Crippen molar-refractivity contribution < 1.29 is 8.81 Å². The maximum atomic E-state index is 13.4. The van der Waals surface area contributed by atoms with E-state index in [1.54, 1.807) is 18.6 Å². The molecule has 14 heavy (non-hydrogen) atoms. The van der Waals surface area contributed by atoms with Gasteiger partial charge in [-0.3, -0.25) is 0 Å². The molecule has 2 nitrogen and oxygen atoms in total. The fraction of sp³-hybridized carbons (Fsp3) is 0.273. The van der Waals surface area contributed by atoms with Crippen LogP contribution in [0.1, 0.15) is 17.3 Å². The summed E-state index contributed by atoms with van der Waals surface area (Å²) in [7, 11) is 0. The zero-order valence-corrected chi connectivity index (χ0v) is 7.96. The van der Waals surface area contributed by atoms with Crippen LogP contribution in [0, 0.1) is 6.92 Å². The fourth-order valence-electron chi connectivity index (χ4n) is 1.67. The van der Waals surface area contributed by atoms with E-state index in [0.717, 1.165) is 16.3 Å². The molecule has 3 heteroatoms. The van der Waals surface area contributed by atoms with Crippen molar-refractivity contribution in [2.45, 2.75) is 13.1 Å². The van der Waals surface area contributed by atoms with Gasteiger partial charge in [0.2, 0.25) is 0 Å². The third-order valence-electron chi connectivity index (χ3n) is 2.52. The Kier molecular flexibility index (Phi) is 2.25. The number of alkyl halides is 1. The zero-order valence-electron chi connectivity index (χ0n) is 7.96. The van der Waals surface area contributed by atoms with Gasteiger partial charge in [0.1, 0.15) is 6.17 Å². The van der Waals surface area contributed by atoms with Crippen LogP contribution < -0.4 is 5.73 Å². The highest BCUT2D eigenvalue weighted by atomic mass is 19.1. The average molecular weight is 193 g/mol. The molecule has 1 atom stereocenters. The molecule has 0 saturated heterocycles. The van der Waals surface area contributed by atoms with Crippen LogP contribution in [-0.4, -0.2) is 6.54 Å². The Morgan fingerprint density at radius 2 is 2.21 bits per heavy atom. The first-order chi connectivity index (χ1) is 6.74. The van der Waals surface area contributed by atoms with Gasteiger partial charge in [-0.05, 0) is 18.1 Å². The Balaban J connectivity index is 2.61. The van der Waals surface area contributed by atoms with Crippen LogP contribution in [0.3, 0.4) is 0 Å². The molecular weight excluding hydrogens is 181 g/mol. The van der Waals surface area contributed by atoms with Gasteiger partial charge in [0.05, 0.1) is 12.5 Å². The van der Waals surface area contributed by atoms with Crippen LogP contribution in [0.25, 0.3) is 10.8 Å². The van der Waals surface area contributed by atoms with Crippen molar-refractivity contribution in [3.8, 4) is 0 Å². The van der Waals surface area contributed by atoms with Crippen LogP contribution in [0.4, 0.5) is 4.39 Å². The molecule has 2 rings (SSSR count). The predicted octanol–water partition coefficient (Wildman–Crippen LogP) is 2.71. The van der Waals surface area contributed by atoms with Gasteiger partial charge in [0.15, 0.2) is 0 Å². The van der Waals surface area contributed by atoms with Gasteiger partial charge in [-0.15, -0.1) is 0 Å². The van der Waals surface area contributed by atoms with E-state index >= 15 is 0 Å². The molecule has 0 spiro atoms. The molecular formula is C11H12FNO. The molecule has 0 unspecified atom stereocenters. The SMILES string of the molecule is Cc1c([C@@H](F)CN)ccc2cocc12. The lowest BCUT2D eigenvalue weighted by molar-refractivity contribution is 0.352. The molecule has 1 heterocycles. The zero-order chi connectivity index (χ0) is 10.1. The second-order valence-electron chi connectivity index (χ2n) is 3.36. The van der Waals surface area contributed by atoms with E-state index < -0.39 is 6.17 Å². The van der Waals surface area contributed by atoms with Crippen molar-refractivity contribution in [2.24, 2.45) is 5.73 Å². The number of rotatable bonds is 2. The van der Waals surface area contributed by atoms with E-state index in [1.165, 1.54) is 0 Å². The molecule has 2 N–H and O–H groups in total. The van der Waals surface area contributed by atoms with Gasteiger partial charge < -0.3 is 10.2 Å². The normalized spacial score (nSPS) is 13.4. The van der Waals surface area contributed by atoms with Crippen LogP contribution >= 0.6 is 0 Å². The summed E-state index contributed by atoms with van der Waals surface area (Å²) in [5.41, 5.74) is 6.86. The molecule has 0 amide bonds. The summed E-state index contributed by atoms with van der Waals surface area (Å²) in [6, 6.07) is 3.62.